The number of nitrogens with zero attached hydrogens (tertiary/aromatic N) is 3. The predicted octanol–water partition coefficient (Wildman–Crippen LogP) is 1.38. The number of nitrogens with one attached hydrogen (secondary N) is 2. The highest BCUT2D eigenvalue weighted by molar-refractivity contribution is 5.82. The fourth-order valence-electron chi connectivity index (χ4n) is 3.63. The molecule has 0 saturated carbocycles. The Balaban J connectivity index is 1.61. The minimum Gasteiger partial charge on any atom is -0.354 e. The number of pyridine rings is 1. The third-order valence-electron chi connectivity index (χ3n) is 4.94. The first-order valence-corrected chi connectivity index (χ1v) is 8.91. The summed E-state index contributed by atoms with van der Waals surface area (Å²) in [6.45, 7) is 4.74. The highest BCUT2D eigenvalue weighted by Gasteiger charge is 2.28. The second-order valence-corrected chi connectivity index (χ2v) is 6.96. The third-order valence-corrected chi connectivity index (χ3v) is 4.94. The summed E-state index contributed by atoms with van der Waals surface area (Å²) in [7, 11) is 0. The molecule has 25 heavy (non-hydrogen) atoms. The molecule has 0 bridgehead atoms. The van der Waals surface area contributed by atoms with Gasteiger partial charge in [-0.1, -0.05) is 0 Å². The normalized spacial score (nSPS) is 23.5. The maximum Gasteiger partial charge on any atom is 0.311 e. The van der Waals surface area contributed by atoms with Crippen LogP contribution in [0.2, 0.25) is 0 Å². The first-order valence-electron chi connectivity index (χ1n) is 8.91. The number of hydrogen-bond donors (Lipinski definition) is 2. The van der Waals surface area contributed by atoms with Gasteiger partial charge in [0, 0.05) is 31.9 Å². The highest BCUT2D eigenvalue weighted by atomic mass is 16.6. The standard InChI is InChI=1S/C17H25N5O3/c1-12-8-15(22(24)25)16(19-9-12)21-7-3-4-13(11-21)10-20-17(23)14-5-2-6-18-14/h8-9,13-14,18H,2-7,10-11H2,1H3,(H,20,23). The van der Waals surface area contributed by atoms with E-state index in [1.54, 1.807) is 19.2 Å². The van der Waals surface area contributed by atoms with Crippen LogP contribution in [0.15, 0.2) is 12.3 Å². The van der Waals surface area contributed by atoms with Gasteiger partial charge >= 0.3 is 5.69 Å². The highest BCUT2D eigenvalue weighted by Crippen LogP contribution is 2.30. The van der Waals surface area contributed by atoms with Crippen LogP contribution < -0.4 is 15.5 Å². The molecule has 3 heterocycles. The fourth-order valence-corrected chi connectivity index (χ4v) is 3.63. The number of nitro groups is 1. The molecule has 2 unspecified atom stereocenters. The van der Waals surface area contributed by atoms with Crippen molar-refractivity contribution in [3.05, 3.63) is 27.9 Å². The molecule has 136 valence electrons. The Kier molecular flexibility index (Phi) is 5.47. The van der Waals surface area contributed by atoms with Crippen LogP contribution in [0.1, 0.15) is 31.2 Å². The quantitative estimate of drug-likeness (QED) is 0.616. The van der Waals surface area contributed by atoms with E-state index in [-0.39, 0.29) is 28.5 Å². The predicted molar refractivity (Wildman–Crippen MR) is 94.6 cm³/mol. The summed E-state index contributed by atoms with van der Waals surface area (Å²) < 4.78 is 0. The number of amides is 1. The van der Waals surface area contributed by atoms with Crippen LogP contribution in [0.5, 0.6) is 0 Å². The van der Waals surface area contributed by atoms with Crippen molar-refractivity contribution in [1.29, 1.82) is 0 Å². The van der Waals surface area contributed by atoms with Gasteiger partial charge < -0.3 is 15.5 Å². The van der Waals surface area contributed by atoms with Crippen LogP contribution in [-0.2, 0) is 4.79 Å². The van der Waals surface area contributed by atoms with Crippen LogP contribution >= 0.6 is 0 Å². The van der Waals surface area contributed by atoms with Gasteiger partial charge in [0.05, 0.1) is 11.0 Å². The maximum absolute atomic E-state index is 12.1. The van der Waals surface area contributed by atoms with E-state index in [1.165, 1.54) is 0 Å². The Morgan fingerprint density at radius 3 is 3.04 bits per heavy atom. The monoisotopic (exact) mass is 347 g/mol. The van der Waals surface area contributed by atoms with E-state index < -0.39 is 0 Å². The van der Waals surface area contributed by atoms with E-state index in [4.69, 9.17) is 0 Å². The van der Waals surface area contributed by atoms with Gasteiger partial charge in [0.1, 0.15) is 0 Å². The van der Waals surface area contributed by atoms with Crippen LogP contribution in [0.4, 0.5) is 11.5 Å². The summed E-state index contributed by atoms with van der Waals surface area (Å²) in [5, 5.41) is 17.6. The lowest BCUT2D eigenvalue weighted by atomic mass is 9.97. The molecule has 1 aromatic heterocycles. The molecule has 3 rings (SSSR count). The molecule has 2 fully saturated rings. The number of carbonyl (C=O) groups excluding carboxylic acids is 1. The molecule has 2 aliphatic rings. The molecule has 8 heteroatoms. The number of carbonyl (C=O) groups is 1. The number of hydrogen-bond acceptors (Lipinski definition) is 6. The van der Waals surface area contributed by atoms with Crippen LogP contribution in [0.25, 0.3) is 0 Å². The molecular weight excluding hydrogens is 322 g/mol. The molecule has 0 aliphatic carbocycles. The number of aryl methyl sites for hydroxylation is 1. The minimum atomic E-state index is -0.369. The van der Waals surface area contributed by atoms with Gasteiger partial charge in [-0.15, -0.1) is 0 Å². The van der Waals surface area contributed by atoms with Gasteiger partial charge in [0.15, 0.2) is 0 Å². The van der Waals surface area contributed by atoms with Gasteiger partial charge in [-0.25, -0.2) is 4.98 Å². The SMILES string of the molecule is Cc1cnc(N2CCCC(CNC(=O)C3CCCN3)C2)c([N+](=O)[O-])c1. The Hall–Kier alpha value is -2.22. The molecule has 2 aliphatic heterocycles. The smallest absolute Gasteiger partial charge is 0.311 e. The van der Waals surface area contributed by atoms with Gasteiger partial charge in [-0.2, -0.15) is 0 Å². The Labute approximate surface area is 147 Å². The summed E-state index contributed by atoms with van der Waals surface area (Å²) in [6.07, 6.45) is 5.54. The molecule has 2 saturated heterocycles. The lowest BCUT2D eigenvalue weighted by Gasteiger charge is -2.33. The molecule has 2 N–H and O–H groups in total. The molecule has 1 aromatic rings. The van der Waals surface area contributed by atoms with Crippen molar-refractivity contribution in [2.75, 3.05) is 31.1 Å². The van der Waals surface area contributed by atoms with Crippen LogP contribution in [0, 0.1) is 23.0 Å². The van der Waals surface area contributed by atoms with Crippen LogP contribution in [0.3, 0.4) is 0 Å². The zero-order chi connectivity index (χ0) is 17.8. The fraction of sp³-hybridized carbons (Fsp3) is 0.647. The number of aromatic nitrogens is 1. The van der Waals surface area contributed by atoms with Gasteiger partial charge in [0.2, 0.25) is 11.7 Å². The lowest BCUT2D eigenvalue weighted by molar-refractivity contribution is -0.384. The zero-order valence-corrected chi connectivity index (χ0v) is 14.5. The maximum atomic E-state index is 12.1. The average Bonchev–Trinajstić information content (AvgIpc) is 3.14. The minimum absolute atomic E-state index is 0.0554. The van der Waals surface area contributed by atoms with Crippen molar-refractivity contribution in [3.8, 4) is 0 Å². The average molecular weight is 347 g/mol. The van der Waals surface area contributed by atoms with E-state index >= 15 is 0 Å². The van der Waals surface area contributed by atoms with Crippen molar-refractivity contribution in [2.24, 2.45) is 5.92 Å². The van der Waals surface area contributed by atoms with Crippen LogP contribution in [-0.4, -0.2) is 48.0 Å². The van der Waals surface area contributed by atoms with Crippen molar-refractivity contribution < 1.29 is 9.72 Å². The second kappa shape index (κ2) is 7.77. The summed E-state index contributed by atoms with van der Waals surface area (Å²) >= 11 is 0. The van der Waals surface area contributed by atoms with Gasteiger partial charge in [-0.05, 0) is 50.6 Å². The number of rotatable bonds is 5. The molecule has 0 radical (unpaired) electrons. The molecular formula is C17H25N5O3. The van der Waals surface area contributed by atoms with E-state index in [2.05, 4.69) is 15.6 Å². The number of anilines is 1. The Morgan fingerprint density at radius 2 is 2.32 bits per heavy atom. The summed E-state index contributed by atoms with van der Waals surface area (Å²) in [5.41, 5.74) is 0.833. The van der Waals surface area contributed by atoms with E-state index in [0.29, 0.717) is 18.9 Å². The van der Waals surface area contributed by atoms with E-state index in [1.807, 2.05) is 4.90 Å². The van der Waals surface area contributed by atoms with Crippen molar-refractivity contribution >= 4 is 17.4 Å². The second-order valence-electron chi connectivity index (χ2n) is 6.96. The Morgan fingerprint density at radius 1 is 1.48 bits per heavy atom. The summed E-state index contributed by atoms with van der Waals surface area (Å²) in [4.78, 5) is 29.4. The third kappa shape index (κ3) is 4.25. The topological polar surface area (TPSA) is 100 Å². The zero-order valence-electron chi connectivity index (χ0n) is 14.5. The van der Waals surface area contributed by atoms with E-state index in [0.717, 1.165) is 44.3 Å². The first-order chi connectivity index (χ1) is 12.0. The molecule has 0 aromatic carbocycles. The molecule has 2 atom stereocenters. The van der Waals surface area contributed by atoms with Crippen molar-refractivity contribution in [1.82, 2.24) is 15.6 Å². The molecule has 8 nitrogen and oxygen atoms in total. The van der Waals surface area contributed by atoms with Gasteiger partial charge in [0.25, 0.3) is 0 Å². The van der Waals surface area contributed by atoms with Crippen molar-refractivity contribution in [3.63, 3.8) is 0 Å². The summed E-state index contributed by atoms with van der Waals surface area (Å²) in [6, 6.07) is 1.50. The van der Waals surface area contributed by atoms with Gasteiger partial charge in [-0.3, -0.25) is 14.9 Å². The summed E-state index contributed by atoms with van der Waals surface area (Å²) in [5.74, 6) is 0.778. The van der Waals surface area contributed by atoms with Crippen molar-refractivity contribution in [2.45, 2.75) is 38.6 Å². The number of piperidine rings is 1. The van der Waals surface area contributed by atoms with E-state index in [9.17, 15) is 14.9 Å². The lowest BCUT2D eigenvalue weighted by Crippen LogP contribution is -2.45. The molecule has 0 spiro atoms. The first kappa shape index (κ1) is 17.6. The largest absolute Gasteiger partial charge is 0.354 e. The molecule has 1 amide bonds. The Bertz CT molecular complexity index is 645.